The molecule has 3 nitrogen and oxygen atoms in total. The van der Waals surface area contributed by atoms with Crippen molar-refractivity contribution in [2.45, 2.75) is 38.5 Å². The van der Waals surface area contributed by atoms with Gasteiger partial charge in [0.15, 0.2) is 0 Å². The highest BCUT2D eigenvalue weighted by molar-refractivity contribution is 5.92. The van der Waals surface area contributed by atoms with Crippen LogP contribution in [0.2, 0.25) is 0 Å². The van der Waals surface area contributed by atoms with Crippen molar-refractivity contribution in [2.24, 2.45) is 0 Å². The van der Waals surface area contributed by atoms with Crippen molar-refractivity contribution < 1.29 is 14.3 Å². The number of benzene rings is 1. The quantitative estimate of drug-likeness (QED) is 0.625. The molecule has 1 aliphatic rings. The minimum absolute atomic E-state index is 0.181. The Balaban J connectivity index is 2.22. The van der Waals surface area contributed by atoms with Gasteiger partial charge in [-0.2, -0.15) is 0 Å². The van der Waals surface area contributed by atoms with Crippen LogP contribution in [-0.2, 0) is 26.2 Å². The van der Waals surface area contributed by atoms with Gasteiger partial charge >= 0.3 is 5.97 Å². The Labute approximate surface area is 119 Å². The molecule has 0 fully saturated rings. The number of carbonyl (C=O) groups is 2. The summed E-state index contributed by atoms with van der Waals surface area (Å²) in [5.41, 5.74) is 2.54. The van der Waals surface area contributed by atoms with E-state index in [1.807, 2.05) is 25.1 Å². The molecule has 3 heteroatoms. The van der Waals surface area contributed by atoms with Gasteiger partial charge in [0.1, 0.15) is 12.4 Å². The van der Waals surface area contributed by atoms with Crippen LogP contribution in [0.15, 0.2) is 36.4 Å². The molecule has 1 atom stereocenters. The molecule has 1 aromatic carbocycles. The van der Waals surface area contributed by atoms with Crippen LogP contribution in [-0.4, -0.2) is 18.4 Å². The van der Waals surface area contributed by atoms with Crippen LogP contribution in [0.4, 0.5) is 0 Å². The molecule has 0 aromatic heterocycles. The van der Waals surface area contributed by atoms with Crippen LogP contribution in [0.1, 0.15) is 37.8 Å². The Morgan fingerprint density at radius 2 is 2.05 bits per heavy atom. The predicted octanol–water partition coefficient (Wildman–Crippen LogP) is 2.97. The Morgan fingerprint density at radius 1 is 1.35 bits per heavy atom. The second-order valence-electron chi connectivity index (χ2n) is 5.62. The maximum atomic E-state index is 12.4. The molecule has 0 saturated carbocycles. The average Bonchev–Trinajstić information content (AvgIpc) is 2.41. The van der Waals surface area contributed by atoms with E-state index < -0.39 is 5.41 Å². The number of carbonyl (C=O) groups excluding carboxylic acids is 2. The van der Waals surface area contributed by atoms with Crippen molar-refractivity contribution in [1.82, 2.24) is 0 Å². The van der Waals surface area contributed by atoms with Gasteiger partial charge in [0, 0.05) is 13.3 Å². The number of hydrogen-bond donors (Lipinski definition) is 0. The number of fused-ring (bicyclic) bond motifs is 1. The minimum Gasteiger partial charge on any atom is -0.461 e. The van der Waals surface area contributed by atoms with Gasteiger partial charge in [-0.3, -0.25) is 9.59 Å². The Kier molecular flexibility index (Phi) is 4.07. The van der Waals surface area contributed by atoms with Gasteiger partial charge in [-0.25, -0.2) is 0 Å². The summed E-state index contributed by atoms with van der Waals surface area (Å²) in [6.07, 6.45) is 1.89. The SMILES string of the molecule is C=C(COC(C)=O)C[C@@]1(C)C(=O)CCc2ccccc21. The molecule has 0 amide bonds. The van der Waals surface area contributed by atoms with Crippen molar-refractivity contribution in [1.29, 1.82) is 0 Å². The second-order valence-corrected chi connectivity index (χ2v) is 5.62. The normalized spacial score (nSPS) is 21.2. The molecule has 2 rings (SSSR count). The fourth-order valence-corrected chi connectivity index (χ4v) is 2.90. The van der Waals surface area contributed by atoms with E-state index in [2.05, 4.69) is 12.6 Å². The van der Waals surface area contributed by atoms with E-state index in [9.17, 15) is 9.59 Å². The van der Waals surface area contributed by atoms with E-state index in [0.717, 1.165) is 17.6 Å². The molecule has 106 valence electrons. The van der Waals surface area contributed by atoms with Gasteiger partial charge in [0.2, 0.25) is 0 Å². The van der Waals surface area contributed by atoms with Crippen LogP contribution in [0.5, 0.6) is 0 Å². The maximum Gasteiger partial charge on any atom is 0.302 e. The zero-order valence-electron chi connectivity index (χ0n) is 12.1. The van der Waals surface area contributed by atoms with Crippen molar-refractivity contribution >= 4 is 11.8 Å². The Hall–Kier alpha value is -1.90. The smallest absolute Gasteiger partial charge is 0.302 e. The summed E-state index contributed by atoms with van der Waals surface area (Å²) in [6.45, 7) is 7.46. The van der Waals surface area contributed by atoms with Gasteiger partial charge in [-0.05, 0) is 36.5 Å². The maximum absolute atomic E-state index is 12.4. The number of aryl methyl sites for hydroxylation is 1. The highest BCUT2D eigenvalue weighted by Gasteiger charge is 2.39. The van der Waals surface area contributed by atoms with Crippen molar-refractivity contribution in [3.63, 3.8) is 0 Å². The number of esters is 1. The first-order valence-electron chi connectivity index (χ1n) is 6.85. The third-order valence-corrected chi connectivity index (χ3v) is 3.93. The molecule has 0 radical (unpaired) electrons. The summed E-state index contributed by atoms with van der Waals surface area (Å²) in [4.78, 5) is 23.3. The standard InChI is InChI=1S/C17H20O3/c1-12(11-20-13(2)18)10-17(3)15-7-5-4-6-14(15)8-9-16(17)19/h4-7H,1,8-11H2,2-3H3/t17-/m1/s1. The van der Waals surface area contributed by atoms with Gasteiger partial charge in [-0.15, -0.1) is 0 Å². The average molecular weight is 272 g/mol. The number of rotatable bonds is 4. The molecular weight excluding hydrogens is 252 g/mol. The van der Waals surface area contributed by atoms with E-state index in [1.54, 1.807) is 0 Å². The molecule has 0 heterocycles. The molecule has 0 unspecified atom stereocenters. The van der Waals surface area contributed by atoms with Crippen LogP contribution in [0.25, 0.3) is 0 Å². The van der Waals surface area contributed by atoms with Gasteiger partial charge in [-0.1, -0.05) is 30.8 Å². The lowest BCUT2D eigenvalue weighted by atomic mass is 9.67. The summed E-state index contributed by atoms with van der Waals surface area (Å²) in [7, 11) is 0. The molecular formula is C17H20O3. The second kappa shape index (κ2) is 5.61. The van der Waals surface area contributed by atoms with Crippen molar-refractivity contribution in [2.75, 3.05) is 6.61 Å². The van der Waals surface area contributed by atoms with Crippen LogP contribution in [0, 0.1) is 0 Å². The first-order chi connectivity index (χ1) is 9.43. The lowest BCUT2D eigenvalue weighted by molar-refractivity contribution is -0.140. The zero-order chi connectivity index (χ0) is 14.8. The van der Waals surface area contributed by atoms with Gasteiger partial charge in [0.05, 0.1) is 5.41 Å². The summed E-state index contributed by atoms with van der Waals surface area (Å²) < 4.78 is 4.96. The molecule has 20 heavy (non-hydrogen) atoms. The zero-order valence-corrected chi connectivity index (χ0v) is 12.1. The van der Waals surface area contributed by atoms with E-state index in [0.29, 0.717) is 12.8 Å². The van der Waals surface area contributed by atoms with Crippen molar-refractivity contribution in [3.8, 4) is 0 Å². The number of ketones is 1. The fourth-order valence-electron chi connectivity index (χ4n) is 2.90. The lowest BCUT2D eigenvalue weighted by Gasteiger charge is -2.35. The molecule has 0 aliphatic heterocycles. The molecule has 1 aromatic rings. The molecule has 0 spiro atoms. The Bertz CT molecular complexity index is 559. The van der Waals surface area contributed by atoms with Crippen LogP contribution in [0.3, 0.4) is 0 Å². The molecule has 0 saturated heterocycles. The summed E-state index contributed by atoms with van der Waals surface area (Å²) in [6, 6.07) is 8.06. The predicted molar refractivity (Wildman–Crippen MR) is 77.5 cm³/mol. The van der Waals surface area contributed by atoms with Crippen LogP contribution < -0.4 is 0 Å². The van der Waals surface area contributed by atoms with E-state index in [4.69, 9.17) is 4.74 Å². The lowest BCUT2D eigenvalue weighted by Crippen LogP contribution is -2.38. The molecule has 0 N–H and O–H groups in total. The third-order valence-electron chi connectivity index (χ3n) is 3.93. The monoisotopic (exact) mass is 272 g/mol. The number of hydrogen-bond acceptors (Lipinski definition) is 3. The summed E-state index contributed by atoms with van der Waals surface area (Å²) in [5, 5.41) is 0. The first-order valence-corrected chi connectivity index (χ1v) is 6.85. The fraction of sp³-hybridized carbons (Fsp3) is 0.412. The van der Waals surface area contributed by atoms with E-state index in [-0.39, 0.29) is 18.4 Å². The highest BCUT2D eigenvalue weighted by atomic mass is 16.5. The highest BCUT2D eigenvalue weighted by Crippen LogP contribution is 2.38. The largest absolute Gasteiger partial charge is 0.461 e. The van der Waals surface area contributed by atoms with Gasteiger partial charge < -0.3 is 4.74 Å². The Morgan fingerprint density at radius 3 is 2.75 bits per heavy atom. The molecule has 1 aliphatic carbocycles. The first kappa shape index (κ1) is 14.5. The minimum atomic E-state index is -0.550. The topological polar surface area (TPSA) is 43.4 Å². The third kappa shape index (κ3) is 2.82. The number of Topliss-reactive ketones (excluding diaryl/α,β-unsaturated/α-hetero) is 1. The van der Waals surface area contributed by atoms with Crippen molar-refractivity contribution in [3.05, 3.63) is 47.5 Å². The van der Waals surface area contributed by atoms with E-state index in [1.165, 1.54) is 12.5 Å². The van der Waals surface area contributed by atoms with Gasteiger partial charge in [0.25, 0.3) is 0 Å². The summed E-state index contributed by atoms with van der Waals surface area (Å²) >= 11 is 0. The molecule has 0 bridgehead atoms. The van der Waals surface area contributed by atoms with E-state index >= 15 is 0 Å². The van der Waals surface area contributed by atoms with Crippen LogP contribution >= 0.6 is 0 Å². The number of ether oxygens (including phenoxy) is 1. The summed E-state index contributed by atoms with van der Waals surface area (Å²) in [5.74, 6) is -0.0909.